The largest absolute Gasteiger partial charge is 0.480 e. The minimum Gasteiger partial charge on any atom is -0.480 e. The summed E-state index contributed by atoms with van der Waals surface area (Å²) in [6.45, 7) is 1.76. The van der Waals surface area contributed by atoms with Crippen molar-refractivity contribution in [2.75, 3.05) is 6.61 Å². The molecule has 2 amide bonds. The Bertz CT molecular complexity index is 631. The Hall–Kier alpha value is -2.00. The normalized spacial score (nSPS) is 29.5. The molecule has 8 atom stereocenters. The number of ether oxygens (including phenoxy) is 2. The molecule has 1 unspecified atom stereocenters. The third-order valence-electron chi connectivity index (χ3n) is 4.61. The number of rotatable bonds is 10. The lowest BCUT2D eigenvalue weighted by atomic mass is 9.97. The molecule has 1 aliphatic rings. The maximum Gasteiger partial charge on any atom is 0.326 e. The van der Waals surface area contributed by atoms with Crippen molar-refractivity contribution in [3.05, 3.63) is 0 Å². The molecule has 13 nitrogen and oxygen atoms in total. The number of hydrogen-bond acceptors (Lipinski definition) is 11. The van der Waals surface area contributed by atoms with Crippen molar-refractivity contribution in [3.8, 4) is 0 Å². The zero-order valence-electron chi connectivity index (χ0n) is 16.6. The summed E-state index contributed by atoms with van der Waals surface area (Å²) < 4.78 is 10.4. The fourth-order valence-corrected chi connectivity index (χ4v) is 2.96. The highest BCUT2D eigenvalue weighted by Crippen LogP contribution is 2.23. The Morgan fingerprint density at radius 3 is 2.30 bits per heavy atom. The van der Waals surface area contributed by atoms with Crippen LogP contribution in [0.15, 0.2) is 0 Å². The molecule has 1 rings (SSSR count). The van der Waals surface area contributed by atoms with Crippen molar-refractivity contribution >= 4 is 24.1 Å². The van der Waals surface area contributed by atoms with Gasteiger partial charge in [-0.05, 0) is 20.3 Å². The average molecular weight is 434 g/mol. The Labute approximate surface area is 172 Å². The van der Waals surface area contributed by atoms with Crippen LogP contribution in [0.25, 0.3) is 0 Å². The lowest BCUT2D eigenvalue weighted by molar-refractivity contribution is -0.262. The summed E-state index contributed by atoms with van der Waals surface area (Å²) in [6.07, 6.45) is -6.53. The molecule has 1 fully saturated rings. The summed E-state index contributed by atoms with van der Waals surface area (Å²) in [5.74, 6) is -3.66. The average Bonchev–Trinajstić information content (AvgIpc) is 2.69. The maximum atomic E-state index is 12.9. The number of amides is 2. The van der Waals surface area contributed by atoms with E-state index in [9.17, 15) is 39.6 Å². The summed E-state index contributed by atoms with van der Waals surface area (Å²) in [7, 11) is 0. The fourth-order valence-electron chi connectivity index (χ4n) is 2.96. The van der Waals surface area contributed by atoms with E-state index in [1.807, 2.05) is 0 Å². The number of hydrogen-bond donors (Lipinski definition) is 6. The van der Waals surface area contributed by atoms with Crippen LogP contribution in [0.4, 0.5) is 0 Å². The second-order valence-electron chi connectivity index (χ2n) is 6.93. The van der Waals surface area contributed by atoms with E-state index < -0.39 is 73.2 Å². The number of nitrogens with zero attached hydrogens (tertiary/aromatic N) is 1. The van der Waals surface area contributed by atoms with Crippen molar-refractivity contribution in [2.24, 2.45) is 11.5 Å². The van der Waals surface area contributed by atoms with Crippen molar-refractivity contribution in [3.63, 3.8) is 0 Å². The molecule has 8 N–H and O–H groups in total. The Morgan fingerprint density at radius 1 is 1.23 bits per heavy atom. The van der Waals surface area contributed by atoms with Gasteiger partial charge in [0.2, 0.25) is 5.91 Å². The van der Waals surface area contributed by atoms with E-state index in [2.05, 4.69) is 0 Å². The van der Waals surface area contributed by atoms with Gasteiger partial charge in [0.1, 0.15) is 30.5 Å². The monoisotopic (exact) mass is 434 g/mol. The second-order valence-corrected chi connectivity index (χ2v) is 6.93. The number of carboxylic acids is 1. The van der Waals surface area contributed by atoms with Crippen molar-refractivity contribution < 1.29 is 49.1 Å². The van der Waals surface area contributed by atoms with E-state index in [0.29, 0.717) is 4.90 Å². The molecule has 0 spiro atoms. The second kappa shape index (κ2) is 11.4. The molecular formula is C17H28N3O10. The number of carbonyl (C=O) groups excluding carboxylic acids is 3. The van der Waals surface area contributed by atoms with Crippen LogP contribution < -0.4 is 11.5 Å². The predicted molar refractivity (Wildman–Crippen MR) is 98.1 cm³/mol. The van der Waals surface area contributed by atoms with Gasteiger partial charge in [-0.1, -0.05) is 0 Å². The summed E-state index contributed by atoms with van der Waals surface area (Å²) in [5.41, 5.74) is 11.3. The van der Waals surface area contributed by atoms with Gasteiger partial charge in [-0.15, -0.1) is 0 Å². The van der Waals surface area contributed by atoms with Gasteiger partial charge in [0.25, 0.3) is 5.91 Å². The summed E-state index contributed by atoms with van der Waals surface area (Å²) >= 11 is 0. The lowest BCUT2D eigenvalue weighted by Crippen LogP contribution is -2.64. The van der Waals surface area contributed by atoms with Gasteiger partial charge < -0.3 is 41.4 Å². The summed E-state index contributed by atoms with van der Waals surface area (Å²) in [6, 6.07) is -4.25. The Balaban J connectivity index is 3.14. The van der Waals surface area contributed by atoms with Crippen molar-refractivity contribution in [2.45, 2.75) is 75.5 Å². The summed E-state index contributed by atoms with van der Waals surface area (Å²) in [5, 5.41) is 38.8. The molecule has 30 heavy (non-hydrogen) atoms. The Kier molecular flexibility index (Phi) is 9.90. The number of carboxylic acid groups (broad SMARTS) is 1. The molecule has 0 aromatic carbocycles. The number of aliphatic hydroxyl groups is 3. The number of carbonyl (C=O) groups is 3. The lowest BCUT2D eigenvalue weighted by Gasteiger charge is -2.42. The van der Waals surface area contributed by atoms with Crippen LogP contribution in [0.5, 0.6) is 0 Å². The van der Waals surface area contributed by atoms with Gasteiger partial charge in [0.05, 0.1) is 18.7 Å². The van der Waals surface area contributed by atoms with Crippen LogP contribution in [0.1, 0.15) is 26.7 Å². The standard InChI is InChI=1S/C17H28N3O10/c1-7(18)14(24)20(9(16(26)27)4-3-5-21)15(25)8(2)29-13-11(19)17(28)30-10(6-22)12(13)23/h7-13,17,22-23,28H,3-4,6,18-19H2,1-2H3,(H,26,27)/t7-,8?,9-,10+,11+,12+,13+,17-/m0/s1. The number of aliphatic hydroxyl groups excluding tert-OH is 3. The van der Waals surface area contributed by atoms with Crippen molar-refractivity contribution in [1.29, 1.82) is 0 Å². The van der Waals surface area contributed by atoms with E-state index in [1.165, 1.54) is 20.1 Å². The fraction of sp³-hybridized carbons (Fsp3) is 0.765. The van der Waals surface area contributed by atoms with Crippen LogP contribution in [0.2, 0.25) is 0 Å². The number of nitrogens with two attached hydrogens (primary N) is 2. The highest BCUT2D eigenvalue weighted by Gasteiger charge is 2.46. The molecule has 1 heterocycles. The molecule has 0 aromatic heterocycles. The first-order valence-electron chi connectivity index (χ1n) is 9.21. The van der Waals surface area contributed by atoms with Crippen LogP contribution in [0, 0.1) is 0 Å². The first kappa shape index (κ1) is 26.0. The number of aliphatic carboxylic acids is 1. The molecule has 0 aromatic rings. The van der Waals surface area contributed by atoms with Gasteiger partial charge in [-0.3, -0.25) is 19.3 Å². The van der Waals surface area contributed by atoms with Gasteiger partial charge in [-0.25, -0.2) is 4.79 Å². The number of imide groups is 1. The van der Waals surface area contributed by atoms with Gasteiger partial charge in [-0.2, -0.15) is 0 Å². The molecular weight excluding hydrogens is 406 g/mol. The quantitative estimate of drug-likeness (QED) is 0.195. The first-order chi connectivity index (χ1) is 14.0. The third kappa shape index (κ3) is 6.01. The molecule has 0 saturated carbocycles. The van der Waals surface area contributed by atoms with E-state index >= 15 is 0 Å². The molecule has 1 aliphatic heterocycles. The van der Waals surface area contributed by atoms with Gasteiger partial charge in [0.15, 0.2) is 12.6 Å². The molecule has 1 saturated heterocycles. The van der Waals surface area contributed by atoms with E-state index in [4.69, 9.17) is 20.9 Å². The highest BCUT2D eigenvalue weighted by atomic mass is 16.6. The van der Waals surface area contributed by atoms with Gasteiger partial charge in [0, 0.05) is 6.42 Å². The van der Waals surface area contributed by atoms with E-state index in [-0.39, 0.29) is 12.8 Å². The molecule has 13 heteroatoms. The van der Waals surface area contributed by atoms with Crippen LogP contribution in [-0.2, 0) is 28.7 Å². The molecule has 171 valence electrons. The molecule has 0 aliphatic carbocycles. The van der Waals surface area contributed by atoms with E-state index in [1.54, 1.807) is 0 Å². The smallest absolute Gasteiger partial charge is 0.326 e. The topological polar surface area (TPSA) is 223 Å². The van der Waals surface area contributed by atoms with Gasteiger partial charge >= 0.3 is 5.97 Å². The predicted octanol–water partition coefficient (Wildman–Crippen LogP) is -3.80. The first-order valence-corrected chi connectivity index (χ1v) is 9.21. The molecule has 1 radical (unpaired) electrons. The highest BCUT2D eigenvalue weighted by molar-refractivity contribution is 6.02. The zero-order chi connectivity index (χ0) is 23.2. The van der Waals surface area contributed by atoms with E-state index in [0.717, 1.165) is 0 Å². The SMILES string of the molecule is CC(O[C@@H]1[C@@H](N)[C@@H](O)O[C@H](CO)[C@H]1O)C(=O)N(C(=O)[C@H](C)N)[C@@H](CC[C]=O)C(=O)O. The molecule has 0 bridgehead atoms. The zero-order valence-corrected chi connectivity index (χ0v) is 16.6. The minimum atomic E-state index is -1.70. The minimum absolute atomic E-state index is 0.351. The van der Waals surface area contributed by atoms with Crippen molar-refractivity contribution in [1.82, 2.24) is 4.90 Å². The van der Waals surface area contributed by atoms with Crippen LogP contribution >= 0.6 is 0 Å². The maximum absolute atomic E-state index is 12.9. The van der Waals surface area contributed by atoms with Crippen LogP contribution in [0.3, 0.4) is 0 Å². The summed E-state index contributed by atoms with van der Waals surface area (Å²) in [4.78, 5) is 47.9. The Morgan fingerprint density at radius 2 is 1.83 bits per heavy atom. The van der Waals surface area contributed by atoms with Crippen LogP contribution in [-0.4, -0.2) is 105 Å². The third-order valence-corrected chi connectivity index (χ3v) is 4.61.